The number of nitrogens with zero attached hydrogens (tertiary/aromatic N) is 1. The molecule has 0 saturated heterocycles. The number of aryl methyl sites for hydroxylation is 1. The van der Waals surface area contributed by atoms with Gasteiger partial charge in [0.25, 0.3) is 0 Å². The minimum Gasteiger partial charge on any atom is -0.464 e. The SMILES string of the molecule is Cc1cc(Br)cc2c1ccn2C(=O)O. The summed E-state index contributed by atoms with van der Waals surface area (Å²) >= 11 is 3.34. The van der Waals surface area contributed by atoms with Crippen LogP contribution in [-0.4, -0.2) is 15.8 Å². The Morgan fingerprint density at radius 1 is 1.50 bits per heavy atom. The van der Waals surface area contributed by atoms with E-state index in [1.807, 2.05) is 19.1 Å². The van der Waals surface area contributed by atoms with Crippen LogP contribution >= 0.6 is 15.9 Å². The van der Waals surface area contributed by atoms with Gasteiger partial charge in [0.2, 0.25) is 0 Å². The number of benzene rings is 1. The van der Waals surface area contributed by atoms with Gasteiger partial charge in [-0.2, -0.15) is 0 Å². The smallest absolute Gasteiger partial charge is 0.416 e. The zero-order valence-corrected chi connectivity index (χ0v) is 9.08. The van der Waals surface area contributed by atoms with Gasteiger partial charge in [-0.05, 0) is 30.7 Å². The van der Waals surface area contributed by atoms with Crippen LogP contribution in [0, 0.1) is 6.92 Å². The fourth-order valence-electron chi connectivity index (χ4n) is 1.55. The molecule has 1 aromatic carbocycles. The maximum absolute atomic E-state index is 10.8. The molecule has 1 heterocycles. The Hall–Kier alpha value is -1.29. The lowest BCUT2D eigenvalue weighted by molar-refractivity contribution is 0.197. The lowest BCUT2D eigenvalue weighted by Crippen LogP contribution is -2.05. The van der Waals surface area contributed by atoms with Crippen molar-refractivity contribution in [1.82, 2.24) is 4.57 Å². The van der Waals surface area contributed by atoms with E-state index >= 15 is 0 Å². The van der Waals surface area contributed by atoms with Crippen molar-refractivity contribution in [1.29, 1.82) is 0 Å². The molecule has 1 N–H and O–H groups in total. The third-order valence-corrected chi connectivity index (χ3v) is 2.64. The highest BCUT2D eigenvalue weighted by Gasteiger charge is 2.08. The van der Waals surface area contributed by atoms with Gasteiger partial charge >= 0.3 is 6.09 Å². The van der Waals surface area contributed by atoms with Gasteiger partial charge in [0, 0.05) is 16.1 Å². The third-order valence-electron chi connectivity index (χ3n) is 2.19. The first-order chi connectivity index (χ1) is 6.59. The first-order valence-corrected chi connectivity index (χ1v) is 4.89. The number of rotatable bonds is 0. The topological polar surface area (TPSA) is 42.2 Å². The maximum atomic E-state index is 10.8. The number of hydrogen-bond acceptors (Lipinski definition) is 1. The lowest BCUT2D eigenvalue weighted by atomic mass is 10.1. The van der Waals surface area contributed by atoms with Crippen molar-refractivity contribution < 1.29 is 9.90 Å². The van der Waals surface area contributed by atoms with E-state index in [4.69, 9.17) is 5.11 Å². The highest BCUT2D eigenvalue weighted by atomic mass is 79.9. The van der Waals surface area contributed by atoms with Crippen LogP contribution in [0.1, 0.15) is 5.56 Å². The molecule has 0 bridgehead atoms. The largest absolute Gasteiger partial charge is 0.464 e. The standard InChI is InChI=1S/C10H8BrNO2/c1-6-4-7(11)5-9-8(6)2-3-12(9)10(13)14/h2-5H,1H3,(H,13,14). The minimum absolute atomic E-state index is 0.712. The Morgan fingerprint density at radius 3 is 2.86 bits per heavy atom. The highest BCUT2D eigenvalue weighted by Crippen LogP contribution is 2.24. The summed E-state index contributed by atoms with van der Waals surface area (Å²) in [7, 11) is 0. The van der Waals surface area contributed by atoms with E-state index < -0.39 is 6.09 Å². The molecule has 2 aromatic rings. The number of carboxylic acid groups (broad SMARTS) is 1. The lowest BCUT2D eigenvalue weighted by Gasteiger charge is -2.01. The van der Waals surface area contributed by atoms with E-state index in [0.29, 0.717) is 5.52 Å². The minimum atomic E-state index is -0.961. The molecule has 0 amide bonds. The molecule has 4 heteroatoms. The number of halogens is 1. The summed E-state index contributed by atoms with van der Waals surface area (Å²) < 4.78 is 2.11. The average molecular weight is 254 g/mol. The molecule has 0 spiro atoms. The summed E-state index contributed by atoms with van der Waals surface area (Å²) in [6.45, 7) is 1.96. The van der Waals surface area contributed by atoms with Crippen LogP contribution in [0.2, 0.25) is 0 Å². The zero-order chi connectivity index (χ0) is 10.3. The second kappa shape index (κ2) is 3.13. The van der Waals surface area contributed by atoms with E-state index in [0.717, 1.165) is 15.4 Å². The molecule has 0 radical (unpaired) electrons. The van der Waals surface area contributed by atoms with Crippen molar-refractivity contribution in [2.24, 2.45) is 0 Å². The molecule has 0 aliphatic heterocycles. The third kappa shape index (κ3) is 1.32. The fourth-order valence-corrected chi connectivity index (χ4v) is 2.11. The van der Waals surface area contributed by atoms with Gasteiger partial charge < -0.3 is 5.11 Å². The van der Waals surface area contributed by atoms with Gasteiger partial charge in [-0.15, -0.1) is 0 Å². The van der Waals surface area contributed by atoms with Crippen LogP contribution in [0.4, 0.5) is 4.79 Å². The van der Waals surface area contributed by atoms with Crippen molar-refractivity contribution in [2.75, 3.05) is 0 Å². The Kier molecular flexibility index (Phi) is 2.07. The molecular weight excluding hydrogens is 246 g/mol. The monoisotopic (exact) mass is 253 g/mol. The predicted octanol–water partition coefficient (Wildman–Crippen LogP) is 3.24. The molecule has 1 aromatic heterocycles. The molecule has 3 nitrogen and oxygen atoms in total. The van der Waals surface area contributed by atoms with E-state index in [1.54, 1.807) is 12.3 Å². The molecule has 2 rings (SSSR count). The van der Waals surface area contributed by atoms with Crippen molar-refractivity contribution >= 4 is 32.9 Å². The Labute approximate surface area is 89.1 Å². The van der Waals surface area contributed by atoms with Crippen LogP contribution in [-0.2, 0) is 0 Å². The van der Waals surface area contributed by atoms with Crippen molar-refractivity contribution in [3.8, 4) is 0 Å². The molecule has 0 aliphatic carbocycles. The molecule has 0 unspecified atom stereocenters. The second-order valence-corrected chi connectivity index (χ2v) is 4.04. The quantitative estimate of drug-likeness (QED) is 0.784. The van der Waals surface area contributed by atoms with Crippen LogP contribution in [0.25, 0.3) is 10.9 Å². The van der Waals surface area contributed by atoms with Crippen molar-refractivity contribution in [2.45, 2.75) is 6.92 Å². The van der Waals surface area contributed by atoms with Crippen LogP contribution in [0.5, 0.6) is 0 Å². The molecule has 0 atom stereocenters. The highest BCUT2D eigenvalue weighted by molar-refractivity contribution is 9.10. The molecule has 0 aliphatic rings. The summed E-state index contributed by atoms with van der Waals surface area (Å²) in [5.41, 5.74) is 1.78. The summed E-state index contributed by atoms with van der Waals surface area (Å²) in [5, 5.41) is 9.87. The zero-order valence-electron chi connectivity index (χ0n) is 7.49. The van der Waals surface area contributed by atoms with Gasteiger partial charge in [-0.1, -0.05) is 15.9 Å². The summed E-state index contributed by atoms with van der Waals surface area (Å²) in [4.78, 5) is 10.8. The van der Waals surface area contributed by atoms with E-state index in [2.05, 4.69) is 15.9 Å². The number of hydrogen-bond donors (Lipinski definition) is 1. The van der Waals surface area contributed by atoms with Gasteiger partial charge in [0.05, 0.1) is 5.52 Å². The molecule has 0 saturated carbocycles. The van der Waals surface area contributed by atoms with Crippen LogP contribution in [0.3, 0.4) is 0 Å². The van der Waals surface area contributed by atoms with Gasteiger partial charge in [0.1, 0.15) is 0 Å². The predicted molar refractivity (Wildman–Crippen MR) is 57.8 cm³/mol. The molecule has 0 fully saturated rings. The Bertz CT molecular complexity index is 516. The number of carbonyl (C=O) groups is 1. The maximum Gasteiger partial charge on any atom is 0.416 e. The molecule has 14 heavy (non-hydrogen) atoms. The molecule has 72 valence electrons. The van der Waals surface area contributed by atoms with Crippen LogP contribution < -0.4 is 0 Å². The van der Waals surface area contributed by atoms with Gasteiger partial charge in [-0.3, -0.25) is 4.57 Å². The summed E-state index contributed by atoms with van der Waals surface area (Å²) in [6.07, 6.45) is 0.601. The number of fused-ring (bicyclic) bond motifs is 1. The van der Waals surface area contributed by atoms with E-state index in [-0.39, 0.29) is 0 Å². The first kappa shape index (κ1) is 9.27. The van der Waals surface area contributed by atoms with Crippen molar-refractivity contribution in [3.05, 3.63) is 34.4 Å². The Balaban J connectivity index is 2.85. The van der Waals surface area contributed by atoms with E-state index in [1.165, 1.54) is 4.57 Å². The van der Waals surface area contributed by atoms with Gasteiger partial charge in [-0.25, -0.2) is 4.79 Å². The second-order valence-electron chi connectivity index (χ2n) is 3.12. The molecular formula is C10H8BrNO2. The van der Waals surface area contributed by atoms with Crippen LogP contribution in [0.15, 0.2) is 28.9 Å². The first-order valence-electron chi connectivity index (χ1n) is 4.10. The Morgan fingerprint density at radius 2 is 2.21 bits per heavy atom. The van der Waals surface area contributed by atoms with Gasteiger partial charge in [0.15, 0.2) is 0 Å². The van der Waals surface area contributed by atoms with Crippen molar-refractivity contribution in [3.63, 3.8) is 0 Å². The number of aromatic nitrogens is 1. The fraction of sp³-hybridized carbons (Fsp3) is 0.100. The van der Waals surface area contributed by atoms with E-state index in [9.17, 15) is 4.79 Å². The normalized spacial score (nSPS) is 10.7. The summed E-state index contributed by atoms with van der Waals surface area (Å²) in [6, 6.07) is 5.58. The summed E-state index contributed by atoms with van der Waals surface area (Å²) in [5.74, 6) is 0. The average Bonchev–Trinajstić information content (AvgIpc) is 2.47.